The monoisotopic (exact) mass is 362 g/mol. The number of aryl methyl sites for hydroxylation is 1. The van der Waals surface area contributed by atoms with Gasteiger partial charge in [0, 0.05) is 0 Å². The highest BCUT2D eigenvalue weighted by Gasteiger charge is 2.41. The molecule has 0 bridgehead atoms. The maximum Gasteiger partial charge on any atom is 0.335 e. The molecule has 1 aromatic heterocycles. The predicted molar refractivity (Wildman–Crippen MR) is 93.1 cm³/mol. The van der Waals surface area contributed by atoms with E-state index in [1.165, 1.54) is 0 Å². The molecule has 0 radical (unpaired) electrons. The van der Waals surface area contributed by atoms with E-state index < -0.39 is 11.6 Å². The van der Waals surface area contributed by atoms with Crippen LogP contribution in [0.2, 0.25) is 5.02 Å². The summed E-state index contributed by atoms with van der Waals surface area (Å²) < 4.78 is 5.28. The van der Waals surface area contributed by atoms with Gasteiger partial charge in [0.25, 0.3) is 5.89 Å². The molecule has 1 fully saturated rings. The van der Waals surface area contributed by atoms with E-state index in [1.54, 1.807) is 25.1 Å². The van der Waals surface area contributed by atoms with Crippen molar-refractivity contribution in [2.45, 2.75) is 45.1 Å². The van der Waals surface area contributed by atoms with Crippen LogP contribution in [0.15, 0.2) is 22.7 Å². The molecule has 6 nitrogen and oxygen atoms in total. The molecule has 3 rings (SSSR count). The second kappa shape index (κ2) is 6.61. The Bertz CT molecular complexity index is 853. The van der Waals surface area contributed by atoms with Crippen LogP contribution in [-0.4, -0.2) is 26.3 Å². The van der Waals surface area contributed by atoms with E-state index in [0.29, 0.717) is 35.4 Å². The number of carboxylic acids is 1. The van der Waals surface area contributed by atoms with Gasteiger partial charge in [-0.15, -0.1) is 0 Å². The number of rotatable bonds is 5. The van der Waals surface area contributed by atoms with E-state index >= 15 is 0 Å². The zero-order chi connectivity index (χ0) is 18.2. The molecule has 1 aliphatic carbocycles. The van der Waals surface area contributed by atoms with Crippen LogP contribution in [0.5, 0.6) is 0 Å². The molecule has 0 aliphatic heterocycles. The first-order chi connectivity index (χ1) is 11.9. The van der Waals surface area contributed by atoms with E-state index in [9.17, 15) is 15.0 Å². The summed E-state index contributed by atoms with van der Waals surface area (Å²) >= 11 is 6.31. The van der Waals surface area contributed by atoms with Gasteiger partial charge >= 0.3 is 5.97 Å². The van der Waals surface area contributed by atoms with E-state index in [2.05, 4.69) is 10.1 Å². The lowest BCUT2D eigenvalue weighted by atomic mass is 9.80. The molecule has 2 N–H and O–H groups in total. The number of hydrogen-bond acceptors (Lipinski definition) is 5. The fourth-order valence-corrected chi connectivity index (χ4v) is 3.20. The Hall–Kier alpha value is -2.18. The molecular weight excluding hydrogens is 344 g/mol. The van der Waals surface area contributed by atoms with Gasteiger partial charge in [-0.2, -0.15) is 4.98 Å². The molecule has 0 unspecified atom stereocenters. The average Bonchev–Trinajstić information content (AvgIpc) is 3.01. The SMILES string of the molecule is CC/C=C(/C(=O)O)c1cc(-c2nc(C3(O)CCC3)no2)c(Cl)cc1C. The van der Waals surface area contributed by atoms with Crippen molar-refractivity contribution in [1.29, 1.82) is 0 Å². The second-order valence-electron chi connectivity index (χ2n) is 6.29. The van der Waals surface area contributed by atoms with Crippen LogP contribution in [0.3, 0.4) is 0 Å². The smallest absolute Gasteiger partial charge is 0.335 e. The van der Waals surface area contributed by atoms with E-state index in [1.807, 2.05) is 6.92 Å². The third-order valence-corrected chi connectivity index (χ3v) is 4.81. The molecule has 1 aliphatic rings. The van der Waals surface area contributed by atoms with Crippen molar-refractivity contribution in [3.05, 3.63) is 40.2 Å². The summed E-state index contributed by atoms with van der Waals surface area (Å²) in [7, 11) is 0. The number of aliphatic hydroxyl groups is 1. The van der Waals surface area contributed by atoms with Crippen molar-refractivity contribution in [3.8, 4) is 11.5 Å². The molecule has 25 heavy (non-hydrogen) atoms. The topological polar surface area (TPSA) is 96.5 Å². The highest BCUT2D eigenvalue weighted by Crippen LogP contribution is 2.41. The lowest BCUT2D eigenvalue weighted by Gasteiger charge is -2.32. The van der Waals surface area contributed by atoms with Gasteiger partial charge in [-0.1, -0.05) is 29.8 Å². The van der Waals surface area contributed by atoms with Crippen LogP contribution in [0.1, 0.15) is 49.6 Å². The van der Waals surface area contributed by atoms with Crippen molar-refractivity contribution >= 4 is 23.1 Å². The van der Waals surface area contributed by atoms with Gasteiger partial charge in [0.05, 0.1) is 16.2 Å². The molecule has 0 saturated heterocycles. The minimum absolute atomic E-state index is 0.169. The number of aromatic nitrogens is 2. The first-order valence-electron chi connectivity index (χ1n) is 8.16. The molecule has 132 valence electrons. The molecule has 1 saturated carbocycles. The normalized spacial score (nSPS) is 16.6. The molecule has 7 heteroatoms. The van der Waals surface area contributed by atoms with E-state index in [4.69, 9.17) is 16.1 Å². The number of aliphatic carboxylic acids is 1. The van der Waals surface area contributed by atoms with E-state index in [0.717, 1.165) is 12.0 Å². The largest absolute Gasteiger partial charge is 0.478 e. The standard InChI is InChI=1S/C18H19ClN2O4/c1-3-5-11(16(22)23)12-9-13(14(19)8-10(12)2)15-20-17(21-25-15)18(24)6-4-7-18/h5,8-9,24H,3-4,6-7H2,1-2H3,(H,22,23)/b11-5+. The van der Waals surface area contributed by atoms with Gasteiger partial charge in [0.1, 0.15) is 5.60 Å². The number of halogens is 1. The number of carboxylic acid groups (broad SMARTS) is 1. The number of allylic oxidation sites excluding steroid dienone is 1. The minimum atomic E-state index is -1.03. The summed E-state index contributed by atoms with van der Waals surface area (Å²) in [6.07, 6.45) is 4.36. The Balaban J connectivity index is 2.07. The molecular formula is C18H19ClN2O4. The maximum atomic E-state index is 11.6. The van der Waals surface area contributed by atoms with Crippen LogP contribution >= 0.6 is 11.6 Å². The Labute approximate surface area is 150 Å². The fraction of sp³-hybridized carbons (Fsp3) is 0.389. The highest BCUT2D eigenvalue weighted by atomic mass is 35.5. The maximum absolute atomic E-state index is 11.6. The Morgan fingerprint density at radius 1 is 1.44 bits per heavy atom. The van der Waals surface area contributed by atoms with E-state index in [-0.39, 0.29) is 17.3 Å². The van der Waals surface area contributed by atoms with Crippen LogP contribution < -0.4 is 0 Å². The highest BCUT2D eigenvalue weighted by molar-refractivity contribution is 6.33. The van der Waals surface area contributed by atoms with Crippen molar-refractivity contribution in [3.63, 3.8) is 0 Å². The summed E-state index contributed by atoms with van der Waals surface area (Å²) in [6, 6.07) is 3.33. The fourth-order valence-electron chi connectivity index (χ4n) is 2.90. The second-order valence-corrected chi connectivity index (χ2v) is 6.69. The van der Waals surface area contributed by atoms with Gasteiger partial charge in [-0.25, -0.2) is 4.79 Å². The molecule has 0 spiro atoms. The van der Waals surface area contributed by atoms with Crippen molar-refractivity contribution in [1.82, 2.24) is 10.1 Å². The number of nitrogens with zero attached hydrogens (tertiary/aromatic N) is 2. The van der Waals surface area contributed by atoms with Crippen molar-refractivity contribution in [2.75, 3.05) is 0 Å². The number of hydrogen-bond donors (Lipinski definition) is 2. The Kier molecular flexibility index (Phi) is 4.67. The zero-order valence-electron chi connectivity index (χ0n) is 14.0. The zero-order valence-corrected chi connectivity index (χ0v) is 14.8. The summed E-state index contributed by atoms with van der Waals surface area (Å²) in [5.74, 6) is -0.592. The summed E-state index contributed by atoms with van der Waals surface area (Å²) in [4.78, 5) is 15.8. The lowest BCUT2D eigenvalue weighted by molar-refractivity contribution is -0.130. The molecule has 1 aromatic carbocycles. The van der Waals surface area contributed by atoms with Crippen molar-refractivity contribution < 1.29 is 19.5 Å². The number of benzene rings is 1. The van der Waals surface area contributed by atoms with Gasteiger partial charge in [-0.3, -0.25) is 0 Å². The average molecular weight is 363 g/mol. The minimum Gasteiger partial charge on any atom is -0.478 e. The van der Waals surface area contributed by atoms with Crippen LogP contribution in [0, 0.1) is 6.92 Å². The number of carbonyl (C=O) groups is 1. The van der Waals surface area contributed by atoms with Gasteiger partial charge in [-0.05, 0) is 55.9 Å². The first-order valence-corrected chi connectivity index (χ1v) is 8.54. The summed E-state index contributed by atoms with van der Waals surface area (Å²) in [6.45, 7) is 3.67. The lowest BCUT2D eigenvalue weighted by Crippen LogP contribution is -2.34. The van der Waals surface area contributed by atoms with Crippen LogP contribution in [-0.2, 0) is 10.4 Å². The summed E-state index contributed by atoms with van der Waals surface area (Å²) in [5.41, 5.74) is 0.919. The first kappa shape index (κ1) is 17.6. The Morgan fingerprint density at radius 3 is 2.72 bits per heavy atom. The summed E-state index contributed by atoms with van der Waals surface area (Å²) in [5, 5.41) is 24.1. The molecule has 0 atom stereocenters. The Morgan fingerprint density at radius 2 is 2.16 bits per heavy atom. The van der Waals surface area contributed by atoms with Gasteiger partial charge in [0.15, 0.2) is 0 Å². The van der Waals surface area contributed by atoms with Gasteiger partial charge in [0.2, 0.25) is 5.82 Å². The third-order valence-electron chi connectivity index (χ3n) is 4.50. The molecule has 0 amide bonds. The molecule has 2 aromatic rings. The quantitative estimate of drug-likeness (QED) is 0.782. The van der Waals surface area contributed by atoms with Crippen LogP contribution in [0.4, 0.5) is 0 Å². The predicted octanol–water partition coefficient (Wildman–Crippen LogP) is 3.95. The van der Waals surface area contributed by atoms with Crippen molar-refractivity contribution in [2.24, 2.45) is 0 Å². The molecule has 1 heterocycles. The van der Waals surface area contributed by atoms with Crippen LogP contribution in [0.25, 0.3) is 17.0 Å². The third kappa shape index (κ3) is 3.19. The van der Waals surface area contributed by atoms with Gasteiger partial charge < -0.3 is 14.7 Å².